The number of nitrogens with zero attached hydrogens (tertiary/aromatic N) is 1. The van der Waals surface area contributed by atoms with E-state index < -0.39 is 23.3 Å². The van der Waals surface area contributed by atoms with Crippen molar-refractivity contribution in [2.24, 2.45) is 0 Å². The maximum Gasteiger partial charge on any atom is 0.135 e. The summed E-state index contributed by atoms with van der Waals surface area (Å²) < 4.78 is 53.5. The lowest BCUT2D eigenvalue weighted by molar-refractivity contribution is 0.581. The molecule has 6 heteroatoms. The zero-order valence-electron chi connectivity index (χ0n) is 11.6. The minimum atomic E-state index is -0.750. The van der Waals surface area contributed by atoms with Crippen molar-refractivity contribution in [1.82, 2.24) is 4.98 Å². The molecule has 0 N–H and O–H groups in total. The van der Waals surface area contributed by atoms with Crippen LogP contribution >= 0.6 is 11.3 Å². The zero-order chi connectivity index (χ0) is 16.6. The molecule has 0 aliphatic rings. The quantitative estimate of drug-likeness (QED) is 0.582. The molecule has 0 amide bonds. The van der Waals surface area contributed by atoms with Crippen molar-refractivity contribution in [3.8, 4) is 11.3 Å². The molecule has 2 aromatic carbocycles. The van der Waals surface area contributed by atoms with Gasteiger partial charge >= 0.3 is 0 Å². The van der Waals surface area contributed by atoms with Gasteiger partial charge in [0.05, 0.1) is 5.69 Å². The van der Waals surface area contributed by atoms with E-state index in [4.69, 9.17) is 0 Å². The fraction of sp³-hybridized carbons (Fsp3) is 0. The van der Waals surface area contributed by atoms with Gasteiger partial charge < -0.3 is 0 Å². The van der Waals surface area contributed by atoms with Crippen molar-refractivity contribution in [2.45, 2.75) is 0 Å². The van der Waals surface area contributed by atoms with Crippen molar-refractivity contribution >= 4 is 16.9 Å². The van der Waals surface area contributed by atoms with Crippen LogP contribution in [0, 0.1) is 23.3 Å². The molecule has 23 heavy (non-hydrogen) atoms. The molecule has 0 aliphatic carbocycles. The van der Waals surface area contributed by atoms with E-state index in [0.29, 0.717) is 10.7 Å². The average molecular weight is 335 g/mol. The third-order valence-electron chi connectivity index (χ3n) is 3.23. The Labute approximate surface area is 133 Å². The van der Waals surface area contributed by atoms with Gasteiger partial charge in [0, 0.05) is 34.2 Å². The van der Waals surface area contributed by atoms with Gasteiger partial charge in [-0.3, -0.25) is 0 Å². The second-order valence-corrected chi connectivity index (χ2v) is 5.62. The average Bonchev–Trinajstić information content (AvgIpc) is 2.96. The summed E-state index contributed by atoms with van der Waals surface area (Å²) in [7, 11) is 0. The number of hydrogen-bond donors (Lipinski definition) is 0. The van der Waals surface area contributed by atoms with Crippen LogP contribution in [-0.4, -0.2) is 4.98 Å². The Morgan fingerprint density at radius 2 is 1.57 bits per heavy atom. The molecule has 0 saturated carbocycles. The largest absolute Gasteiger partial charge is 0.236 e. The number of benzene rings is 2. The lowest BCUT2D eigenvalue weighted by Crippen LogP contribution is -1.92. The van der Waals surface area contributed by atoms with Gasteiger partial charge in [0.2, 0.25) is 0 Å². The Morgan fingerprint density at radius 3 is 2.22 bits per heavy atom. The molecule has 0 saturated heterocycles. The summed E-state index contributed by atoms with van der Waals surface area (Å²) in [4.78, 5) is 4.21. The van der Waals surface area contributed by atoms with Gasteiger partial charge in [-0.05, 0) is 24.3 Å². The van der Waals surface area contributed by atoms with Crippen molar-refractivity contribution in [3.05, 3.63) is 82.2 Å². The first-order valence-electron chi connectivity index (χ1n) is 6.51. The second kappa shape index (κ2) is 5.96. The number of rotatable bonds is 3. The van der Waals surface area contributed by atoms with Gasteiger partial charge in [0.15, 0.2) is 0 Å². The van der Waals surface area contributed by atoms with Crippen LogP contribution in [0.2, 0.25) is 0 Å². The molecule has 3 rings (SSSR count). The highest BCUT2D eigenvalue weighted by molar-refractivity contribution is 7.11. The van der Waals surface area contributed by atoms with Gasteiger partial charge in [0.25, 0.3) is 0 Å². The summed E-state index contributed by atoms with van der Waals surface area (Å²) in [5.41, 5.74) is 0.820. The number of aromatic nitrogens is 1. The zero-order valence-corrected chi connectivity index (χ0v) is 12.4. The van der Waals surface area contributed by atoms with E-state index in [1.165, 1.54) is 12.1 Å². The predicted octanol–water partition coefficient (Wildman–Crippen LogP) is 5.43. The summed E-state index contributed by atoms with van der Waals surface area (Å²) >= 11 is 1.14. The molecule has 0 spiro atoms. The molecule has 0 aliphatic heterocycles. The van der Waals surface area contributed by atoms with Crippen molar-refractivity contribution in [1.29, 1.82) is 0 Å². The van der Waals surface area contributed by atoms with E-state index in [-0.39, 0.29) is 16.7 Å². The fourth-order valence-corrected chi connectivity index (χ4v) is 2.89. The monoisotopic (exact) mass is 335 g/mol. The highest BCUT2D eigenvalue weighted by Crippen LogP contribution is 2.31. The second-order valence-electron chi connectivity index (χ2n) is 4.76. The van der Waals surface area contributed by atoms with Crippen LogP contribution in [0.15, 0.2) is 48.4 Å². The van der Waals surface area contributed by atoms with E-state index in [0.717, 1.165) is 35.6 Å². The van der Waals surface area contributed by atoms with Gasteiger partial charge in [-0.25, -0.2) is 22.5 Å². The first-order valence-corrected chi connectivity index (χ1v) is 7.39. The van der Waals surface area contributed by atoms with E-state index in [9.17, 15) is 17.6 Å². The van der Waals surface area contributed by atoms with Crippen LogP contribution in [0.25, 0.3) is 16.8 Å². The number of thiazole rings is 1. The molecule has 0 fully saturated rings. The summed E-state index contributed by atoms with van der Waals surface area (Å²) in [6.45, 7) is 3.76. The molecule has 3 aromatic rings. The Hall–Kier alpha value is -2.47. The smallest absolute Gasteiger partial charge is 0.135 e. The van der Waals surface area contributed by atoms with Crippen LogP contribution in [0.5, 0.6) is 0 Å². The Morgan fingerprint density at radius 1 is 0.913 bits per heavy atom. The Balaban J connectivity index is 1.96. The third kappa shape index (κ3) is 3.03. The molecule has 0 bridgehead atoms. The molecule has 116 valence electrons. The highest BCUT2D eigenvalue weighted by Gasteiger charge is 2.15. The van der Waals surface area contributed by atoms with E-state index in [1.807, 2.05) is 0 Å². The molecule has 1 aromatic heterocycles. The normalized spacial score (nSPS) is 10.8. The summed E-state index contributed by atoms with van der Waals surface area (Å²) in [6, 6.07) is 6.33. The van der Waals surface area contributed by atoms with Crippen molar-refractivity contribution in [2.75, 3.05) is 0 Å². The van der Waals surface area contributed by atoms with Gasteiger partial charge in [-0.1, -0.05) is 6.58 Å². The van der Waals surface area contributed by atoms with Gasteiger partial charge in [-0.2, -0.15) is 0 Å². The van der Waals surface area contributed by atoms with Gasteiger partial charge in [0.1, 0.15) is 28.3 Å². The highest BCUT2D eigenvalue weighted by atomic mass is 32.1. The van der Waals surface area contributed by atoms with Crippen LogP contribution in [-0.2, 0) is 0 Å². The first kappa shape index (κ1) is 15.4. The van der Waals surface area contributed by atoms with Gasteiger partial charge in [-0.15, -0.1) is 11.3 Å². The SMILES string of the molecule is C=C(c1nc(-c2ccc(F)cc2F)cs1)c1ccc(F)cc1F. The van der Waals surface area contributed by atoms with E-state index in [2.05, 4.69) is 11.6 Å². The van der Waals surface area contributed by atoms with E-state index in [1.54, 1.807) is 5.38 Å². The molecular formula is C17H9F4NS. The fourth-order valence-electron chi connectivity index (χ4n) is 2.08. The Kier molecular flexibility index (Phi) is 4.00. The molecule has 1 heterocycles. The predicted molar refractivity (Wildman–Crippen MR) is 82.0 cm³/mol. The Bertz CT molecular complexity index is 901. The molecule has 0 atom stereocenters. The van der Waals surface area contributed by atoms with Crippen LogP contribution < -0.4 is 0 Å². The van der Waals surface area contributed by atoms with Crippen molar-refractivity contribution in [3.63, 3.8) is 0 Å². The standard InChI is InChI=1S/C17H9F4NS/c1-9(12-4-2-10(18)6-14(12)20)17-22-16(8-23-17)13-5-3-11(19)7-15(13)21/h2-8H,1H2. The van der Waals surface area contributed by atoms with Crippen LogP contribution in [0.3, 0.4) is 0 Å². The molecule has 0 unspecified atom stereocenters. The molecular weight excluding hydrogens is 326 g/mol. The minimum Gasteiger partial charge on any atom is -0.236 e. The minimum absolute atomic E-state index is 0.117. The van der Waals surface area contributed by atoms with Crippen LogP contribution in [0.4, 0.5) is 17.6 Å². The molecule has 1 nitrogen and oxygen atoms in total. The summed E-state index contributed by atoms with van der Waals surface area (Å²) in [5.74, 6) is -2.85. The lowest BCUT2D eigenvalue weighted by atomic mass is 10.1. The molecule has 0 radical (unpaired) electrons. The van der Waals surface area contributed by atoms with Crippen molar-refractivity contribution < 1.29 is 17.6 Å². The number of halogens is 4. The summed E-state index contributed by atoms with van der Waals surface area (Å²) in [5, 5.41) is 1.94. The maximum absolute atomic E-state index is 13.8. The third-order valence-corrected chi connectivity index (χ3v) is 4.13. The van der Waals surface area contributed by atoms with E-state index >= 15 is 0 Å². The summed E-state index contributed by atoms with van der Waals surface area (Å²) in [6.07, 6.45) is 0. The first-order chi connectivity index (χ1) is 11.0. The maximum atomic E-state index is 13.8. The number of hydrogen-bond acceptors (Lipinski definition) is 2. The topological polar surface area (TPSA) is 12.9 Å². The van der Waals surface area contributed by atoms with Crippen LogP contribution in [0.1, 0.15) is 10.6 Å². The lowest BCUT2D eigenvalue weighted by Gasteiger charge is -2.04.